The normalized spacial score (nSPS) is 19.8. The average Bonchev–Trinajstić information content (AvgIpc) is 3.11. The number of benzene rings is 1. The van der Waals surface area contributed by atoms with E-state index in [1.54, 1.807) is 11.3 Å². The molecule has 1 aliphatic heterocycles. The molecule has 0 saturated carbocycles. The molecule has 0 radical (unpaired) electrons. The van der Waals surface area contributed by atoms with Gasteiger partial charge in [0.2, 0.25) is 0 Å². The zero-order valence-electron chi connectivity index (χ0n) is 13.9. The van der Waals surface area contributed by atoms with E-state index in [9.17, 15) is 9.90 Å². The molecule has 3 rings (SSSR count). The maximum absolute atomic E-state index is 11.5. The van der Waals surface area contributed by atoms with Crippen molar-refractivity contribution in [3.8, 4) is 5.75 Å². The van der Waals surface area contributed by atoms with Crippen molar-refractivity contribution in [2.75, 3.05) is 19.7 Å². The zero-order valence-corrected chi connectivity index (χ0v) is 14.7. The summed E-state index contributed by atoms with van der Waals surface area (Å²) in [7, 11) is 0. The fourth-order valence-electron chi connectivity index (χ4n) is 3.45. The van der Waals surface area contributed by atoms with Crippen molar-refractivity contribution in [2.45, 2.75) is 25.8 Å². The molecule has 0 aliphatic carbocycles. The minimum atomic E-state index is -0.693. The van der Waals surface area contributed by atoms with Gasteiger partial charge in [-0.3, -0.25) is 9.69 Å². The quantitative estimate of drug-likeness (QED) is 0.859. The van der Waals surface area contributed by atoms with Gasteiger partial charge in [0.1, 0.15) is 5.75 Å². The largest absolute Gasteiger partial charge is 0.494 e. The lowest BCUT2D eigenvalue weighted by Crippen LogP contribution is -2.41. The Hall–Kier alpha value is -1.85. The summed E-state index contributed by atoms with van der Waals surface area (Å²) in [6.45, 7) is 4.09. The molecule has 2 aromatic rings. The topological polar surface area (TPSA) is 49.8 Å². The fourth-order valence-corrected chi connectivity index (χ4v) is 4.13. The van der Waals surface area contributed by atoms with Crippen LogP contribution in [0.25, 0.3) is 0 Å². The molecule has 1 aromatic heterocycles. The van der Waals surface area contributed by atoms with Crippen molar-refractivity contribution in [1.82, 2.24) is 4.90 Å². The van der Waals surface area contributed by atoms with Crippen LogP contribution in [0, 0.1) is 5.92 Å². The van der Waals surface area contributed by atoms with Gasteiger partial charge in [-0.05, 0) is 54.8 Å². The maximum atomic E-state index is 11.5. The van der Waals surface area contributed by atoms with Crippen LogP contribution in [-0.4, -0.2) is 35.7 Å². The summed E-state index contributed by atoms with van der Waals surface area (Å²) in [6.07, 6.45) is 1.67. The number of nitrogens with zero attached hydrogens (tertiary/aromatic N) is 1. The van der Waals surface area contributed by atoms with Gasteiger partial charge in [0.25, 0.3) is 0 Å². The minimum absolute atomic E-state index is 0.0427. The van der Waals surface area contributed by atoms with Crippen LogP contribution in [0.2, 0.25) is 0 Å². The third kappa shape index (κ3) is 3.62. The summed E-state index contributed by atoms with van der Waals surface area (Å²) >= 11 is 1.67. The summed E-state index contributed by atoms with van der Waals surface area (Å²) in [4.78, 5) is 13.8. The lowest BCUT2D eigenvalue weighted by atomic mass is 9.92. The Morgan fingerprint density at radius 1 is 1.42 bits per heavy atom. The number of thiophene rings is 1. The summed E-state index contributed by atoms with van der Waals surface area (Å²) in [5.41, 5.74) is 2.32. The van der Waals surface area contributed by atoms with Crippen molar-refractivity contribution in [3.63, 3.8) is 0 Å². The van der Waals surface area contributed by atoms with Gasteiger partial charge >= 0.3 is 5.97 Å². The predicted molar refractivity (Wildman–Crippen MR) is 95.7 cm³/mol. The van der Waals surface area contributed by atoms with Crippen LogP contribution in [0.1, 0.15) is 36.9 Å². The first-order valence-electron chi connectivity index (χ1n) is 8.41. The number of rotatable bonds is 6. The molecule has 4 nitrogen and oxygen atoms in total. The molecule has 2 atom stereocenters. The fraction of sp³-hybridized carbons (Fsp3) is 0.421. The van der Waals surface area contributed by atoms with Crippen molar-refractivity contribution < 1.29 is 14.6 Å². The van der Waals surface area contributed by atoms with E-state index in [1.807, 2.05) is 25.1 Å². The molecule has 1 N–H and O–H groups in total. The molecule has 0 spiro atoms. The lowest BCUT2D eigenvalue weighted by molar-refractivity contribution is -0.143. The van der Waals surface area contributed by atoms with Crippen LogP contribution in [0.3, 0.4) is 0 Å². The van der Waals surface area contributed by atoms with E-state index in [1.165, 1.54) is 5.56 Å². The zero-order chi connectivity index (χ0) is 16.9. The van der Waals surface area contributed by atoms with Gasteiger partial charge in [0, 0.05) is 12.1 Å². The number of carboxylic acids is 1. The van der Waals surface area contributed by atoms with Crippen LogP contribution in [0.5, 0.6) is 5.75 Å². The van der Waals surface area contributed by atoms with Gasteiger partial charge in [0.15, 0.2) is 0 Å². The highest BCUT2D eigenvalue weighted by molar-refractivity contribution is 7.08. The van der Waals surface area contributed by atoms with Gasteiger partial charge in [-0.15, -0.1) is 0 Å². The highest BCUT2D eigenvalue weighted by Crippen LogP contribution is 2.37. The van der Waals surface area contributed by atoms with Gasteiger partial charge < -0.3 is 9.84 Å². The molecule has 1 aliphatic rings. The van der Waals surface area contributed by atoms with Crippen molar-refractivity contribution in [1.29, 1.82) is 0 Å². The number of ether oxygens (including phenoxy) is 1. The van der Waals surface area contributed by atoms with Crippen molar-refractivity contribution in [3.05, 3.63) is 52.2 Å². The van der Waals surface area contributed by atoms with E-state index < -0.39 is 5.97 Å². The number of carbonyl (C=O) groups is 1. The molecule has 1 fully saturated rings. The molecule has 5 heteroatoms. The minimum Gasteiger partial charge on any atom is -0.494 e. The van der Waals surface area contributed by atoms with E-state index in [0.717, 1.165) is 30.7 Å². The Balaban J connectivity index is 1.97. The average molecular weight is 345 g/mol. The summed E-state index contributed by atoms with van der Waals surface area (Å²) in [6, 6.07) is 10.3. The van der Waals surface area contributed by atoms with E-state index in [2.05, 4.69) is 27.8 Å². The molecule has 0 bridgehead atoms. The molecule has 1 saturated heterocycles. The first-order chi connectivity index (χ1) is 11.7. The standard InChI is InChI=1S/C19H23NO3S/c1-2-23-17-8-4-3-7-16(17)18(15-9-11-24-13-15)20-10-5-6-14(12-20)19(21)22/h3-4,7-9,11,13-14,18H,2,5-6,10,12H2,1H3,(H,21,22). The second-order valence-corrected chi connectivity index (χ2v) is 6.88. The van der Waals surface area contributed by atoms with E-state index >= 15 is 0 Å². The molecule has 2 heterocycles. The second-order valence-electron chi connectivity index (χ2n) is 6.10. The highest BCUT2D eigenvalue weighted by Gasteiger charge is 2.32. The van der Waals surface area contributed by atoms with Crippen LogP contribution in [0.4, 0.5) is 0 Å². The number of likely N-dealkylation sites (tertiary alicyclic amines) is 1. The van der Waals surface area contributed by atoms with E-state index in [4.69, 9.17) is 4.74 Å². The number of hydrogen-bond acceptors (Lipinski definition) is 4. The van der Waals surface area contributed by atoms with E-state index in [-0.39, 0.29) is 12.0 Å². The van der Waals surface area contributed by atoms with Crippen molar-refractivity contribution in [2.24, 2.45) is 5.92 Å². The Labute approximate surface area is 146 Å². The lowest BCUT2D eigenvalue weighted by Gasteiger charge is -2.37. The summed E-state index contributed by atoms with van der Waals surface area (Å²) in [5.74, 6) is -0.102. The third-order valence-electron chi connectivity index (χ3n) is 4.54. The Morgan fingerprint density at radius 3 is 2.96 bits per heavy atom. The molecular weight excluding hydrogens is 322 g/mol. The van der Waals surface area contributed by atoms with E-state index in [0.29, 0.717) is 13.2 Å². The Morgan fingerprint density at radius 2 is 2.25 bits per heavy atom. The van der Waals surface area contributed by atoms with Gasteiger partial charge in [-0.25, -0.2) is 0 Å². The number of piperidine rings is 1. The van der Waals surface area contributed by atoms with Crippen LogP contribution < -0.4 is 4.74 Å². The number of carboxylic acid groups (broad SMARTS) is 1. The predicted octanol–water partition coefficient (Wildman–Crippen LogP) is 4.03. The number of hydrogen-bond donors (Lipinski definition) is 1. The molecule has 0 amide bonds. The summed E-state index contributed by atoms with van der Waals surface area (Å²) in [5, 5.41) is 13.7. The highest BCUT2D eigenvalue weighted by atomic mass is 32.1. The molecular formula is C19H23NO3S. The third-order valence-corrected chi connectivity index (χ3v) is 5.24. The molecule has 1 aromatic carbocycles. The molecule has 24 heavy (non-hydrogen) atoms. The molecule has 128 valence electrons. The molecule has 2 unspecified atom stereocenters. The summed E-state index contributed by atoms with van der Waals surface area (Å²) < 4.78 is 5.84. The van der Waals surface area contributed by atoms with Gasteiger partial charge in [0.05, 0.1) is 18.6 Å². The van der Waals surface area contributed by atoms with Gasteiger partial charge in [-0.1, -0.05) is 18.2 Å². The van der Waals surface area contributed by atoms with Crippen LogP contribution in [-0.2, 0) is 4.79 Å². The Kier molecular flexibility index (Phi) is 5.53. The number of aliphatic carboxylic acids is 1. The smallest absolute Gasteiger partial charge is 0.307 e. The maximum Gasteiger partial charge on any atom is 0.307 e. The van der Waals surface area contributed by atoms with Gasteiger partial charge in [-0.2, -0.15) is 11.3 Å². The number of para-hydroxylation sites is 1. The van der Waals surface area contributed by atoms with Crippen LogP contribution in [0.15, 0.2) is 41.1 Å². The first kappa shape index (κ1) is 17.0. The van der Waals surface area contributed by atoms with Crippen LogP contribution >= 0.6 is 11.3 Å². The second kappa shape index (κ2) is 7.81. The Bertz CT molecular complexity index is 671. The van der Waals surface area contributed by atoms with Crippen molar-refractivity contribution >= 4 is 17.3 Å². The first-order valence-corrected chi connectivity index (χ1v) is 9.35. The monoisotopic (exact) mass is 345 g/mol. The SMILES string of the molecule is CCOc1ccccc1C(c1ccsc1)N1CCCC(C(=O)O)C1.